The van der Waals surface area contributed by atoms with E-state index in [4.69, 9.17) is 4.74 Å². The number of hydrogen-bond donors (Lipinski definition) is 1. The van der Waals surface area contributed by atoms with Crippen LogP contribution in [0.3, 0.4) is 0 Å². The molecular weight excluding hydrogens is 314 g/mol. The number of carbonyl (C=O) groups is 1. The number of rotatable bonds is 7. The first-order valence-electron chi connectivity index (χ1n) is 7.44. The monoisotopic (exact) mass is 333 g/mol. The maximum Gasteiger partial charge on any atom is 0.315 e. The number of nitro groups is 1. The fourth-order valence-electron chi connectivity index (χ4n) is 2.09. The zero-order chi connectivity index (χ0) is 18.3. The average molecular weight is 333 g/mol. The zero-order valence-electron chi connectivity index (χ0n) is 13.8. The maximum atomic E-state index is 12.3. The Morgan fingerprint density at radius 3 is 2.50 bits per heavy atom. The van der Waals surface area contributed by atoms with Gasteiger partial charge in [-0.3, -0.25) is 14.9 Å². The molecule has 0 bridgehead atoms. The van der Waals surface area contributed by atoms with Crippen LogP contribution in [0.4, 0.5) is 5.69 Å². The van der Waals surface area contributed by atoms with Crippen molar-refractivity contribution in [3.63, 3.8) is 0 Å². The van der Waals surface area contributed by atoms with Crippen LogP contribution in [0.15, 0.2) is 17.7 Å². The van der Waals surface area contributed by atoms with Gasteiger partial charge in [0.2, 0.25) is 5.75 Å². The van der Waals surface area contributed by atoms with E-state index in [1.165, 1.54) is 17.0 Å². The lowest BCUT2D eigenvalue weighted by Crippen LogP contribution is -2.31. The third-order valence-corrected chi connectivity index (χ3v) is 3.29. The highest BCUT2D eigenvalue weighted by Gasteiger charge is 2.21. The van der Waals surface area contributed by atoms with E-state index < -0.39 is 22.3 Å². The summed E-state index contributed by atoms with van der Waals surface area (Å²) in [5, 5.41) is 30.1. The number of nitrogens with zero attached hydrogens (tertiary/aromatic N) is 3. The summed E-state index contributed by atoms with van der Waals surface area (Å²) in [6.07, 6.45) is 1.25. The van der Waals surface area contributed by atoms with E-state index in [0.29, 0.717) is 13.1 Å². The molecule has 0 aliphatic heterocycles. The van der Waals surface area contributed by atoms with Crippen molar-refractivity contribution in [2.75, 3.05) is 19.7 Å². The molecule has 0 heterocycles. The number of hydrogen-bond acceptors (Lipinski definition) is 6. The molecule has 0 aliphatic rings. The SMILES string of the molecule is CCOc1cc(C=C(C#N)C(=O)N(CC)CC)cc([N+](=O)[O-])c1O. The molecule has 8 heteroatoms. The molecule has 8 nitrogen and oxygen atoms in total. The third kappa shape index (κ3) is 4.23. The van der Waals surface area contributed by atoms with E-state index >= 15 is 0 Å². The highest BCUT2D eigenvalue weighted by Crippen LogP contribution is 2.37. The van der Waals surface area contributed by atoms with Crippen LogP contribution < -0.4 is 4.74 Å². The van der Waals surface area contributed by atoms with Crippen LogP contribution in [-0.2, 0) is 4.79 Å². The quantitative estimate of drug-likeness (QED) is 0.354. The lowest BCUT2D eigenvalue weighted by molar-refractivity contribution is -0.386. The smallest absolute Gasteiger partial charge is 0.315 e. The lowest BCUT2D eigenvalue weighted by atomic mass is 10.1. The second-order valence-electron chi connectivity index (χ2n) is 4.72. The summed E-state index contributed by atoms with van der Waals surface area (Å²) >= 11 is 0. The number of carbonyl (C=O) groups excluding carboxylic acids is 1. The van der Waals surface area contributed by atoms with Gasteiger partial charge in [0.1, 0.15) is 11.6 Å². The van der Waals surface area contributed by atoms with Gasteiger partial charge in [-0.05, 0) is 38.5 Å². The molecular formula is C16H19N3O5. The Morgan fingerprint density at radius 2 is 2.04 bits per heavy atom. The van der Waals surface area contributed by atoms with Crippen molar-refractivity contribution < 1.29 is 19.6 Å². The van der Waals surface area contributed by atoms with Crippen molar-refractivity contribution in [3.8, 4) is 17.6 Å². The van der Waals surface area contributed by atoms with Crippen LogP contribution in [0.1, 0.15) is 26.3 Å². The van der Waals surface area contributed by atoms with Gasteiger partial charge in [0, 0.05) is 19.2 Å². The van der Waals surface area contributed by atoms with Gasteiger partial charge in [-0.15, -0.1) is 0 Å². The Kier molecular flexibility index (Phi) is 6.74. The number of phenolic OH excluding ortho intramolecular Hbond substituents is 1. The predicted molar refractivity (Wildman–Crippen MR) is 87.4 cm³/mol. The summed E-state index contributed by atoms with van der Waals surface area (Å²) in [5.74, 6) is -1.13. The number of phenols is 1. The minimum Gasteiger partial charge on any atom is -0.500 e. The number of nitriles is 1. The van der Waals surface area contributed by atoms with Crippen LogP contribution >= 0.6 is 0 Å². The molecule has 1 aromatic rings. The molecule has 1 N–H and O–H groups in total. The van der Waals surface area contributed by atoms with Gasteiger partial charge < -0.3 is 14.7 Å². The Morgan fingerprint density at radius 1 is 1.42 bits per heavy atom. The summed E-state index contributed by atoms with van der Waals surface area (Å²) in [7, 11) is 0. The summed E-state index contributed by atoms with van der Waals surface area (Å²) < 4.78 is 5.17. The molecule has 0 spiro atoms. The number of aromatic hydroxyl groups is 1. The number of benzene rings is 1. The average Bonchev–Trinajstić information content (AvgIpc) is 2.56. The highest BCUT2D eigenvalue weighted by atomic mass is 16.6. The van der Waals surface area contributed by atoms with Crippen molar-refractivity contribution in [1.29, 1.82) is 5.26 Å². The van der Waals surface area contributed by atoms with Gasteiger partial charge >= 0.3 is 5.69 Å². The molecule has 0 radical (unpaired) electrons. The van der Waals surface area contributed by atoms with Crippen molar-refractivity contribution in [2.24, 2.45) is 0 Å². The van der Waals surface area contributed by atoms with Crippen molar-refractivity contribution in [1.82, 2.24) is 4.90 Å². The molecule has 0 unspecified atom stereocenters. The summed E-state index contributed by atoms with van der Waals surface area (Å²) in [6.45, 7) is 6.31. The molecule has 24 heavy (non-hydrogen) atoms. The molecule has 128 valence electrons. The maximum absolute atomic E-state index is 12.3. The molecule has 1 aromatic carbocycles. The number of amides is 1. The van der Waals surface area contributed by atoms with Gasteiger partial charge in [0.25, 0.3) is 5.91 Å². The Hall–Kier alpha value is -3.08. The zero-order valence-corrected chi connectivity index (χ0v) is 13.8. The molecule has 0 atom stereocenters. The predicted octanol–water partition coefficient (Wildman–Crippen LogP) is 2.47. The minimum atomic E-state index is -0.756. The molecule has 0 aromatic heterocycles. The van der Waals surface area contributed by atoms with Crippen LogP contribution in [0.5, 0.6) is 11.5 Å². The van der Waals surface area contributed by atoms with Gasteiger partial charge in [0.15, 0.2) is 5.75 Å². The minimum absolute atomic E-state index is 0.0782. The fourth-order valence-corrected chi connectivity index (χ4v) is 2.09. The number of ether oxygens (including phenoxy) is 1. The molecule has 1 rings (SSSR count). The first-order chi connectivity index (χ1) is 11.4. The molecule has 0 saturated heterocycles. The van der Waals surface area contributed by atoms with E-state index in [2.05, 4.69) is 0 Å². The van der Waals surface area contributed by atoms with Gasteiger partial charge in [-0.1, -0.05) is 0 Å². The first-order valence-corrected chi connectivity index (χ1v) is 7.44. The summed E-state index contributed by atoms with van der Waals surface area (Å²) in [6, 6.07) is 4.24. The number of likely N-dealkylation sites (N-methyl/N-ethyl adjacent to an activating group) is 1. The van der Waals surface area contributed by atoms with Gasteiger partial charge in [0.05, 0.1) is 11.5 Å². The molecule has 0 fully saturated rings. The Labute approximate surface area is 139 Å². The van der Waals surface area contributed by atoms with E-state index in [1.807, 2.05) is 6.07 Å². The molecule has 0 aliphatic carbocycles. The van der Waals surface area contributed by atoms with E-state index in [1.54, 1.807) is 20.8 Å². The molecule has 0 saturated carbocycles. The largest absolute Gasteiger partial charge is 0.500 e. The topological polar surface area (TPSA) is 117 Å². The first kappa shape index (κ1) is 19.0. The second kappa shape index (κ2) is 8.53. The Balaban J connectivity index is 3.41. The standard InChI is InChI=1S/C16H19N3O5/c1-4-18(5-2)16(21)12(10-17)7-11-8-13(19(22)23)15(20)14(9-11)24-6-3/h7-9,20H,4-6H2,1-3H3. The highest BCUT2D eigenvalue weighted by molar-refractivity contribution is 6.01. The summed E-state index contributed by atoms with van der Waals surface area (Å²) in [4.78, 5) is 24.0. The normalized spacial score (nSPS) is 10.8. The van der Waals surface area contributed by atoms with E-state index in [-0.39, 0.29) is 23.5 Å². The Bertz CT molecular complexity index is 702. The van der Waals surface area contributed by atoms with Crippen LogP contribution in [0, 0.1) is 21.4 Å². The number of nitro benzene ring substituents is 1. The third-order valence-electron chi connectivity index (χ3n) is 3.29. The lowest BCUT2D eigenvalue weighted by Gasteiger charge is -2.17. The fraction of sp³-hybridized carbons (Fsp3) is 0.375. The summed E-state index contributed by atoms with van der Waals surface area (Å²) in [5.41, 5.74) is -0.485. The van der Waals surface area contributed by atoms with Crippen molar-refractivity contribution >= 4 is 17.7 Å². The van der Waals surface area contributed by atoms with E-state index in [9.17, 15) is 25.3 Å². The van der Waals surface area contributed by atoms with Crippen molar-refractivity contribution in [2.45, 2.75) is 20.8 Å². The van der Waals surface area contributed by atoms with Crippen LogP contribution in [-0.4, -0.2) is 40.5 Å². The molecule has 1 amide bonds. The van der Waals surface area contributed by atoms with Crippen molar-refractivity contribution in [3.05, 3.63) is 33.4 Å². The van der Waals surface area contributed by atoms with Gasteiger partial charge in [-0.25, -0.2) is 0 Å². The second-order valence-corrected chi connectivity index (χ2v) is 4.72. The van der Waals surface area contributed by atoms with E-state index in [0.717, 1.165) is 6.07 Å². The van der Waals surface area contributed by atoms with Crippen LogP contribution in [0.25, 0.3) is 6.08 Å². The van der Waals surface area contributed by atoms with Crippen LogP contribution in [0.2, 0.25) is 0 Å². The van der Waals surface area contributed by atoms with Gasteiger partial charge in [-0.2, -0.15) is 5.26 Å².